The van der Waals surface area contributed by atoms with Gasteiger partial charge in [0.2, 0.25) is 0 Å². The molecule has 1 fully saturated rings. The molecule has 1 N–H and O–H groups in total. The molecule has 1 aromatic carbocycles. The number of nitrogens with zero attached hydrogens (tertiary/aromatic N) is 1. The van der Waals surface area contributed by atoms with Crippen molar-refractivity contribution in [3.05, 3.63) is 59.3 Å². The Labute approximate surface area is 145 Å². The minimum atomic E-state index is -0.368. The number of hydrogen-bond donors (Lipinski definition) is 1. The maximum Gasteiger partial charge on any atom is 0.257 e. The van der Waals surface area contributed by atoms with E-state index in [-0.39, 0.29) is 23.5 Å². The highest BCUT2D eigenvalue weighted by Gasteiger charge is 2.26. The van der Waals surface area contributed by atoms with Crippen molar-refractivity contribution in [3.63, 3.8) is 0 Å². The quantitative estimate of drug-likeness (QED) is 0.927. The molecule has 2 heterocycles. The van der Waals surface area contributed by atoms with Gasteiger partial charge in [0.15, 0.2) is 0 Å². The van der Waals surface area contributed by atoms with Crippen LogP contribution in [0.4, 0.5) is 4.39 Å². The van der Waals surface area contributed by atoms with E-state index >= 15 is 0 Å². The Kier molecular flexibility index (Phi) is 5.16. The van der Waals surface area contributed by atoms with E-state index in [0.717, 1.165) is 12.8 Å². The van der Waals surface area contributed by atoms with Gasteiger partial charge in [-0.1, -0.05) is 0 Å². The molecule has 1 aliphatic rings. The fourth-order valence-corrected chi connectivity index (χ4v) is 3.13. The second-order valence-corrected chi connectivity index (χ2v) is 6.37. The van der Waals surface area contributed by atoms with Gasteiger partial charge in [0.05, 0.1) is 11.8 Å². The molecule has 0 radical (unpaired) electrons. The molecule has 0 unspecified atom stereocenters. The van der Waals surface area contributed by atoms with Crippen LogP contribution >= 0.6 is 0 Å². The molecule has 3 rings (SSSR count). The third-order valence-electron chi connectivity index (χ3n) is 4.55. The van der Waals surface area contributed by atoms with Crippen LogP contribution in [0.15, 0.2) is 41.0 Å². The first-order valence-corrected chi connectivity index (χ1v) is 8.41. The molecule has 0 saturated carbocycles. The summed E-state index contributed by atoms with van der Waals surface area (Å²) in [5.74, 6) is 0.202. The smallest absolute Gasteiger partial charge is 0.257 e. The second kappa shape index (κ2) is 7.51. The maximum absolute atomic E-state index is 12.9. The Morgan fingerprint density at radius 1 is 1.28 bits per heavy atom. The van der Waals surface area contributed by atoms with Gasteiger partial charge in [0.25, 0.3) is 11.8 Å². The average Bonchev–Trinajstić information content (AvgIpc) is 3.06. The highest BCUT2D eigenvalue weighted by Crippen LogP contribution is 2.20. The SMILES string of the molecule is Cc1occc1C(=O)N1CCC[C@@H](CNC(=O)c2ccc(F)cc2)C1. The van der Waals surface area contributed by atoms with Gasteiger partial charge in [0.1, 0.15) is 11.6 Å². The molecular weight excluding hydrogens is 323 g/mol. The van der Waals surface area contributed by atoms with Gasteiger partial charge in [0, 0.05) is 25.2 Å². The number of carbonyl (C=O) groups is 2. The monoisotopic (exact) mass is 344 g/mol. The molecule has 2 amide bonds. The van der Waals surface area contributed by atoms with Crippen LogP contribution in [-0.2, 0) is 0 Å². The summed E-state index contributed by atoms with van der Waals surface area (Å²) in [4.78, 5) is 26.5. The van der Waals surface area contributed by atoms with Gasteiger partial charge in [-0.15, -0.1) is 0 Å². The van der Waals surface area contributed by atoms with E-state index in [0.29, 0.717) is 36.5 Å². The van der Waals surface area contributed by atoms with Crippen molar-refractivity contribution >= 4 is 11.8 Å². The van der Waals surface area contributed by atoms with Crippen LogP contribution in [0.5, 0.6) is 0 Å². The second-order valence-electron chi connectivity index (χ2n) is 6.37. The van der Waals surface area contributed by atoms with Crippen molar-refractivity contribution < 1.29 is 18.4 Å². The zero-order valence-corrected chi connectivity index (χ0v) is 14.1. The highest BCUT2D eigenvalue weighted by atomic mass is 19.1. The molecule has 25 heavy (non-hydrogen) atoms. The van der Waals surface area contributed by atoms with Gasteiger partial charge in [-0.3, -0.25) is 9.59 Å². The van der Waals surface area contributed by atoms with Crippen molar-refractivity contribution in [2.75, 3.05) is 19.6 Å². The lowest BCUT2D eigenvalue weighted by molar-refractivity contribution is 0.0669. The Bertz CT molecular complexity index is 754. The minimum absolute atomic E-state index is 0.0270. The molecule has 132 valence electrons. The van der Waals surface area contributed by atoms with Crippen LogP contribution in [0.25, 0.3) is 0 Å². The molecular formula is C19H21FN2O3. The summed E-state index contributed by atoms with van der Waals surface area (Å²) in [6.07, 6.45) is 3.38. The number of nitrogens with one attached hydrogen (secondary N) is 1. The predicted octanol–water partition coefficient (Wildman–Crippen LogP) is 3.01. The van der Waals surface area contributed by atoms with E-state index < -0.39 is 0 Å². The third kappa shape index (κ3) is 4.07. The predicted molar refractivity (Wildman–Crippen MR) is 90.8 cm³/mol. The van der Waals surface area contributed by atoms with Crippen molar-refractivity contribution in [2.45, 2.75) is 19.8 Å². The third-order valence-corrected chi connectivity index (χ3v) is 4.55. The van der Waals surface area contributed by atoms with E-state index in [1.54, 1.807) is 13.0 Å². The van der Waals surface area contributed by atoms with Gasteiger partial charge < -0.3 is 14.6 Å². The van der Waals surface area contributed by atoms with E-state index in [1.165, 1.54) is 30.5 Å². The number of likely N-dealkylation sites (tertiary alicyclic amines) is 1. The first-order chi connectivity index (χ1) is 12.0. The largest absolute Gasteiger partial charge is 0.469 e. The first-order valence-electron chi connectivity index (χ1n) is 8.41. The molecule has 1 aliphatic heterocycles. The molecule has 6 heteroatoms. The molecule has 0 aliphatic carbocycles. The summed E-state index contributed by atoms with van der Waals surface area (Å²) in [7, 11) is 0. The Hall–Kier alpha value is -2.63. The van der Waals surface area contributed by atoms with Crippen LogP contribution < -0.4 is 5.32 Å². The van der Waals surface area contributed by atoms with Crippen molar-refractivity contribution in [1.82, 2.24) is 10.2 Å². The van der Waals surface area contributed by atoms with Gasteiger partial charge in [-0.2, -0.15) is 0 Å². The molecule has 5 nitrogen and oxygen atoms in total. The standard InChI is InChI=1S/C19H21FN2O3/c1-13-17(8-10-25-13)19(24)22-9-2-3-14(12-22)11-21-18(23)15-4-6-16(20)7-5-15/h4-8,10,14H,2-3,9,11-12H2,1H3,(H,21,23)/t14-/m0/s1. The first kappa shape index (κ1) is 17.2. The molecule has 0 bridgehead atoms. The van der Waals surface area contributed by atoms with Gasteiger partial charge in [-0.05, 0) is 56.0 Å². The number of aryl methyl sites for hydroxylation is 1. The highest BCUT2D eigenvalue weighted by molar-refractivity contribution is 5.95. The molecule has 1 atom stereocenters. The zero-order chi connectivity index (χ0) is 17.8. The van der Waals surface area contributed by atoms with E-state index in [2.05, 4.69) is 5.32 Å². The van der Waals surface area contributed by atoms with E-state index in [9.17, 15) is 14.0 Å². The number of piperidine rings is 1. The lowest BCUT2D eigenvalue weighted by atomic mass is 9.97. The maximum atomic E-state index is 12.9. The summed E-state index contributed by atoms with van der Waals surface area (Å²) in [6, 6.07) is 7.15. The number of carbonyl (C=O) groups excluding carboxylic acids is 2. The number of benzene rings is 1. The van der Waals surface area contributed by atoms with E-state index in [4.69, 9.17) is 4.42 Å². The molecule has 2 aromatic rings. The Morgan fingerprint density at radius 2 is 2.04 bits per heavy atom. The number of hydrogen-bond acceptors (Lipinski definition) is 3. The summed E-state index contributed by atoms with van der Waals surface area (Å²) in [5, 5.41) is 2.88. The Morgan fingerprint density at radius 3 is 2.72 bits per heavy atom. The fraction of sp³-hybridized carbons (Fsp3) is 0.368. The summed E-state index contributed by atoms with van der Waals surface area (Å²) < 4.78 is 18.1. The lowest BCUT2D eigenvalue weighted by Crippen LogP contribution is -2.43. The number of amides is 2. The number of halogens is 1. The van der Waals surface area contributed by atoms with E-state index in [1.807, 2.05) is 4.90 Å². The normalized spacial score (nSPS) is 17.4. The van der Waals surface area contributed by atoms with Crippen LogP contribution in [0.1, 0.15) is 39.3 Å². The van der Waals surface area contributed by atoms with Crippen LogP contribution in [-0.4, -0.2) is 36.3 Å². The zero-order valence-electron chi connectivity index (χ0n) is 14.1. The number of rotatable bonds is 4. The topological polar surface area (TPSA) is 62.6 Å². The Balaban J connectivity index is 1.55. The average molecular weight is 344 g/mol. The van der Waals surface area contributed by atoms with Gasteiger partial charge >= 0.3 is 0 Å². The molecule has 1 aromatic heterocycles. The van der Waals surface area contributed by atoms with Crippen molar-refractivity contribution in [2.24, 2.45) is 5.92 Å². The number of furan rings is 1. The van der Waals surface area contributed by atoms with Crippen molar-refractivity contribution in [3.8, 4) is 0 Å². The van der Waals surface area contributed by atoms with Crippen LogP contribution in [0.3, 0.4) is 0 Å². The van der Waals surface area contributed by atoms with Crippen molar-refractivity contribution in [1.29, 1.82) is 0 Å². The fourth-order valence-electron chi connectivity index (χ4n) is 3.13. The summed E-state index contributed by atoms with van der Waals surface area (Å²) in [5.41, 5.74) is 1.02. The minimum Gasteiger partial charge on any atom is -0.469 e. The summed E-state index contributed by atoms with van der Waals surface area (Å²) in [6.45, 7) is 3.58. The van der Waals surface area contributed by atoms with Gasteiger partial charge in [-0.25, -0.2) is 4.39 Å². The van der Waals surface area contributed by atoms with Crippen LogP contribution in [0.2, 0.25) is 0 Å². The summed E-state index contributed by atoms with van der Waals surface area (Å²) >= 11 is 0. The molecule has 0 spiro atoms. The molecule has 1 saturated heterocycles. The lowest BCUT2D eigenvalue weighted by Gasteiger charge is -2.32. The van der Waals surface area contributed by atoms with Crippen LogP contribution in [0, 0.1) is 18.7 Å².